The van der Waals surface area contributed by atoms with Crippen molar-refractivity contribution in [2.45, 2.75) is 6.42 Å². The molecule has 108 valence electrons. The molecular formula is C14H21N5O. The van der Waals surface area contributed by atoms with Gasteiger partial charge in [-0.2, -0.15) is 0 Å². The molecule has 1 saturated heterocycles. The fourth-order valence-corrected chi connectivity index (χ4v) is 2.63. The molecule has 3 heterocycles. The highest BCUT2D eigenvalue weighted by Gasteiger charge is 2.12. The van der Waals surface area contributed by atoms with Crippen LogP contribution in [0.1, 0.15) is 6.42 Å². The number of nitrogens with one attached hydrogen (secondary N) is 1. The minimum Gasteiger partial charge on any atom is -0.379 e. The summed E-state index contributed by atoms with van der Waals surface area (Å²) in [5.74, 6) is 0.998. The number of hydrogen-bond acceptors (Lipinski definition) is 5. The molecule has 6 heteroatoms. The maximum absolute atomic E-state index is 5.36. The molecule has 0 radical (unpaired) electrons. The van der Waals surface area contributed by atoms with E-state index in [1.54, 1.807) is 6.33 Å². The molecule has 2 aromatic heterocycles. The van der Waals surface area contributed by atoms with E-state index in [4.69, 9.17) is 4.74 Å². The Bertz CT molecular complexity index is 549. The van der Waals surface area contributed by atoms with Gasteiger partial charge >= 0.3 is 0 Å². The smallest absolute Gasteiger partial charge is 0.142 e. The number of ether oxygens (including phenoxy) is 1. The SMILES string of the molecule is CN(CCCN1CCOCC1)c1ncnc2[nH]ccc12. The third-order valence-corrected chi connectivity index (χ3v) is 3.77. The van der Waals surface area contributed by atoms with Crippen LogP contribution in [0.25, 0.3) is 11.0 Å². The van der Waals surface area contributed by atoms with E-state index in [0.29, 0.717) is 0 Å². The summed E-state index contributed by atoms with van der Waals surface area (Å²) >= 11 is 0. The van der Waals surface area contributed by atoms with E-state index in [-0.39, 0.29) is 0 Å². The first-order valence-corrected chi connectivity index (χ1v) is 7.14. The molecule has 20 heavy (non-hydrogen) atoms. The van der Waals surface area contributed by atoms with E-state index in [2.05, 4.69) is 31.8 Å². The molecule has 2 aromatic rings. The van der Waals surface area contributed by atoms with Gasteiger partial charge in [-0.05, 0) is 12.5 Å². The molecule has 1 aliphatic heterocycles. The lowest BCUT2D eigenvalue weighted by atomic mass is 10.3. The van der Waals surface area contributed by atoms with Crippen LogP contribution in [0.15, 0.2) is 18.6 Å². The van der Waals surface area contributed by atoms with Crippen molar-refractivity contribution in [3.8, 4) is 0 Å². The van der Waals surface area contributed by atoms with Crippen LogP contribution in [0, 0.1) is 0 Å². The molecule has 3 rings (SSSR count). The normalized spacial score (nSPS) is 16.6. The molecule has 0 saturated carbocycles. The van der Waals surface area contributed by atoms with Crippen molar-refractivity contribution in [2.75, 3.05) is 51.3 Å². The number of aromatic nitrogens is 3. The van der Waals surface area contributed by atoms with Crippen LogP contribution in [0.3, 0.4) is 0 Å². The summed E-state index contributed by atoms with van der Waals surface area (Å²) in [6.45, 7) is 5.96. The Morgan fingerprint density at radius 2 is 2.20 bits per heavy atom. The minimum absolute atomic E-state index is 0.867. The van der Waals surface area contributed by atoms with Gasteiger partial charge in [0.05, 0.1) is 18.6 Å². The number of rotatable bonds is 5. The van der Waals surface area contributed by atoms with E-state index >= 15 is 0 Å². The Morgan fingerprint density at radius 3 is 3.05 bits per heavy atom. The summed E-state index contributed by atoms with van der Waals surface area (Å²) in [5, 5.41) is 1.08. The van der Waals surface area contributed by atoms with Crippen LogP contribution in [-0.4, -0.2) is 66.3 Å². The quantitative estimate of drug-likeness (QED) is 0.886. The number of nitrogens with zero attached hydrogens (tertiary/aromatic N) is 4. The first-order valence-electron chi connectivity index (χ1n) is 7.14. The summed E-state index contributed by atoms with van der Waals surface area (Å²) in [5.41, 5.74) is 0.898. The van der Waals surface area contributed by atoms with Crippen LogP contribution in [0.2, 0.25) is 0 Å². The zero-order chi connectivity index (χ0) is 13.8. The molecule has 0 spiro atoms. The zero-order valence-corrected chi connectivity index (χ0v) is 11.9. The Kier molecular flexibility index (Phi) is 4.13. The highest BCUT2D eigenvalue weighted by atomic mass is 16.5. The summed E-state index contributed by atoms with van der Waals surface area (Å²) in [6.07, 6.45) is 4.66. The first kappa shape index (κ1) is 13.3. The third-order valence-electron chi connectivity index (χ3n) is 3.77. The number of morpholine rings is 1. The maximum Gasteiger partial charge on any atom is 0.142 e. The van der Waals surface area contributed by atoms with Crippen molar-refractivity contribution in [1.29, 1.82) is 0 Å². The molecular weight excluding hydrogens is 254 g/mol. The number of aromatic amines is 1. The van der Waals surface area contributed by atoms with Gasteiger partial charge in [-0.1, -0.05) is 0 Å². The summed E-state index contributed by atoms with van der Waals surface area (Å²) in [4.78, 5) is 16.4. The molecule has 0 unspecified atom stereocenters. The van der Waals surface area contributed by atoms with E-state index in [9.17, 15) is 0 Å². The molecule has 0 atom stereocenters. The molecule has 0 bridgehead atoms. The lowest BCUT2D eigenvalue weighted by Crippen LogP contribution is -2.38. The van der Waals surface area contributed by atoms with Gasteiger partial charge in [0, 0.05) is 39.4 Å². The standard InChI is InChI=1S/C14H21N5O/c1-18(5-2-6-19-7-9-20-10-8-19)14-12-3-4-15-13(12)16-11-17-14/h3-4,11H,2,5-10H2,1H3,(H,15,16,17). The second kappa shape index (κ2) is 6.19. The summed E-state index contributed by atoms with van der Waals surface area (Å²) in [7, 11) is 2.09. The highest BCUT2D eigenvalue weighted by Crippen LogP contribution is 2.20. The van der Waals surface area contributed by atoms with Gasteiger partial charge in [-0.15, -0.1) is 0 Å². The van der Waals surface area contributed by atoms with Crippen molar-refractivity contribution < 1.29 is 4.74 Å². The fourth-order valence-electron chi connectivity index (χ4n) is 2.63. The molecule has 1 N–H and O–H groups in total. The fraction of sp³-hybridized carbons (Fsp3) is 0.571. The lowest BCUT2D eigenvalue weighted by Gasteiger charge is -2.27. The average Bonchev–Trinajstić information content (AvgIpc) is 2.96. The Hall–Kier alpha value is -1.66. The zero-order valence-electron chi connectivity index (χ0n) is 11.9. The largest absolute Gasteiger partial charge is 0.379 e. The van der Waals surface area contributed by atoms with Gasteiger partial charge in [0.15, 0.2) is 0 Å². The molecule has 1 aliphatic rings. The van der Waals surface area contributed by atoms with Crippen LogP contribution in [-0.2, 0) is 4.74 Å². The number of fused-ring (bicyclic) bond motifs is 1. The van der Waals surface area contributed by atoms with Gasteiger partial charge < -0.3 is 14.6 Å². The van der Waals surface area contributed by atoms with Crippen molar-refractivity contribution in [2.24, 2.45) is 0 Å². The van der Waals surface area contributed by atoms with E-state index < -0.39 is 0 Å². The van der Waals surface area contributed by atoms with Crippen molar-refractivity contribution in [3.05, 3.63) is 18.6 Å². The van der Waals surface area contributed by atoms with Crippen molar-refractivity contribution in [1.82, 2.24) is 19.9 Å². The first-order chi connectivity index (χ1) is 9.84. The molecule has 0 aromatic carbocycles. The summed E-state index contributed by atoms with van der Waals surface area (Å²) in [6, 6.07) is 2.03. The van der Waals surface area contributed by atoms with Gasteiger partial charge in [-0.25, -0.2) is 9.97 Å². The number of hydrogen-bond donors (Lipinski definition) is 1. The summed E-state index contributed by atoms with van der Waals surface area (Å²) < 4.78 is 5.36. The Balaban J connectivity index is 1.56. The second-order valence-corrected chi connectivity index (χ2v) is 5.17. The Morgan fingerprint density at radius 1 is 1.35 bits per heavy atom. The van der Waals surface area contributed by atoms with Crippen molar-refractivity contribution >= 4 is 16.9 Å². The molecule has 0 aliphatic carbocycles. The van der Waals surface area contributed by atoms with Gasteiger partial charge in [0.2, 0.25) is 0 Å². The second-order valence-electron chi connectivity index (χ2n) is 5.17. The van der Waals surface area contributed by atoms with Crippen LogP contribution >= 0.6 is 0 Å². The lowest BCUT2D eigenvalue weighted by molar-refractivity contribution is 0.0377. The van der Waals surface area contributed by atoms with Gasteiger partial charge in [0.25, 0.3) is 0 Å². The number of anilines is 1. The monoisotopic (exact) mass is 275 g/mol. The minimum atomic E-state index is 0.867. The van der Waals surface area contributed by atoms with Gasteiger partial charge in [-0.3, -0.25) is 4.90 Å². The highest BCUT2D eigenvalue weighted by molar-refractivity contribution is 5.87. The van der Waals surface area contributed by atoms with Crippen molar-refractivity contribution in [3.63, 3.8) is 0 Å². The van der Waals surface area contributed by atoms with Crippen LogP contribution < -0.4 is 4.90 Å². The van der Waals surface area contributed by atoms with E-state index in [1.807, 2.05) is 12.3 Å². The van der Waals surface area contributed by atoms with Crippen LogP contribution in [0.5, 0.6) is 0 Å². The molecule has 0 amide bonds. The predicted octanol–water partition coefficient (Wildman–Crippen LogP) is 1.12. The predicted molar refractivity (Wildman–Crippen MR) is 79.0 cm³/mol. The maximum atomic E-state index is 5.36. The Labute approximate surface area is 118 Å². The molecule has 1 fully saturated rings. The van der Waals surface area contributed by atoms with Gasteiger partial charge in [0.1, 0.15) is 17.8 Å². The van der Waals surface area contributed by atoms with Crippen LogP contribution in [0.4, 0.5) is 5.82 Å². The van der Waals surface area contributed by atoms with E-state index in [1.165, 1.54) is 0 Å². The topological polar surface area (TPSA) is 57.3 Å². The van der Waals surface area contributed by atoms with E-state index in [0.717, 1.165) is 62.7 Å². The number of H-pyrrole nitrogens is 1. The third kappa shape index (κ3) is 2.91. The average molecular weight is 275 g/mol. The molecule has 6 nitrogen and oxygen atoms in total.